The van der Waals surface area contributed by atoms with Gasteiger partial charge in [0.25, 0.3) is 0 Å². The zero-order valence-corrected chi connectivity index (χ0v) is 18.2. The average molecular weight is 395 g/mol. The molecular formula is C24H42O4. The summed E-state index contributed by atoms with van der Waals surface area (Å²) >= 11 is 0. The van der Waals surface area contributed by atoms with Crippen LogP contribution in [-0.2, 0) is 9.53 Å². The normalized spacial score (nSPS) is 24.8. The SMILES string of the molecule is CCCCCC(O)(/C=C/C1CCC(O)C1C/C=C/CCCC(=O)OC)CCC. The molecule has 162 valence electrons. The quantitative estimate of drug-likeness (QED) is 0.237. The van der Waals surface area contributed by atoms with Gasteiger partial charge in [-0.25, -0.2) is 0 Å². The van der Waals surface area contributed by atoms with E-state index >= 15 is 0 Å². The summed E-state index contributed by atoms with van der Waals surface area (Å²) in [5.74, 6) is 0.377. The van der Waals surface area contributed by atoms with E-state index < -0.39 is 5.60 Å². The van der Waals surface area contributed by atoms with Crippen LogP contribution in [0.2, 0.25) is 0 Å². The number of rotatable bonds is 14. The van der Waals surface area contributed by atoms with Gasteiger partial charge < -0.3 is 14.9 Å². The van der Waals surface area contributed by atoms with Crippen LogP contribution in [-0.4, -0.2) is 35.0 Å². The van der Waals surface area contributed by atoms with Crippen LogP contribution < -0.4 is 0 Å². The summed E-state index contributed by atoms with van der Waals surface area (Å²) in [6, 6.07) is 0. The van der Waals surface area contributed by atoms with Crippen molar-refractivity contribution in [2.45, 2.75) is 103 Å². The molecule has 28 heavy (non-hydrogen) atoms. The zero-order chi connectivity index (χ0) is 20.8. The molecule has 1 aliphatic rings. The maximum absolute atomic E-state index is 11.1. The highest BCUT2D eigenvalue weighted by molar-refractivity contribution is 5.69. The predicted molar refractivity (Wildman–Crippen MR) is 115 cm³/mol. The van der Waals surface area contributed by atoms with Gasteiger partial charge in [-0.3, -0.25) is 4.79 Å². The maximum Gasteiger partial charge on any atom is 0.305 e. The summed E-state index contributed by atoms with van der Waals surface area (Å²) in [6.45, 7) is 4.30. The van der Waals surface area contributed by atoms with E-state index in [4.69, 9.17) is 0 Å². The molecule has 4 nitrogen and oxygen atoms in total. The molecule has 2 N–H and O–H groups in total. The molecule has 0 saturated heterocycles. The number of ether oxygens (including phenoxy) is 1. The van der Waals surface area contributed by atoms with Crippen molar-refractivity contribution in [1.82, 2.24) is 0 Å². The molecule has 0 heterocycles. The van der Waals surface area contributed by atoms with Crippen LogP contribution >= 0.6 is 0 Å². The lowest BCUT2D eigenvalue weighted by Crippen LogP contribution is -2.26. The Morgan fingerprint density at radius 1 is 1.11 bits per heavy atom. The van der Waals surface area contributed by atoms with E-state index in [1.54, 1.807) is 0 Å². The van der Waals surface area contributed by atoms with Crippen molar-refractivity contribution in [1.29, 1.82) is 0 Å². The van der Waals surface area contributed by atoms with Gasteiger partial charge >= 0.3 is 5.97 Å². The Bertz CT molecular complexity index is 485. The van der Waals surface area contributed by atoms with E-state index in [0.29, 0.717) is 12.3 Å². The van der Waals surface area contributed by atoms with Crippen LogP contribution in [0.3, 0.4) is 0 Å². The number of esters is 1. The van der Waals surface area contributed by atoms with E-state index in [2.05, 4.69) is 36.8 Å². The van der Waals surface area contributed by atoms with Gasteiger partial charge in [-0.05, 0) is 56.8 Å². The lowest BCUT2D eigenvalue weighted by molar-refractivity contribution is -0.140. The van der Waals surface area contributed by atoms with Crippen molar-refractivity contribution in [3.05, 3.63) is 24.3 Å². The Kier molecular flexibility index (Phi) is 12.4. The van der Waals surface area contributed by atoms with E-state index in [1.807, 2.05) is 6.08 Å². The third-order valence-corrected chi connectivity index (χ3v) is 5.94. The highest BCUT2D eigenvalue weighted by atomic mass is 16.5. The Balaban J connectivity index is 2.55. The van der Waals surface area contributed by atoms with Crippen LogP contribution in [0.4, 0.5) is 0 Å². The van der Waals surface area contributed by atoms with E-state index in [9.17, 15) is 15.0 Å². The minimum atomic E-state index is -0.703. The topological polar surface area (TPSA) is 66.8 Å². The van der Waals surface area contributed by atoms with Gasteiger partial charge in [-0.2, -0.15) is 0 Å². The highest BCUT2D eigenvalue weighted by Gasteiger charge is 2.33. The molecule has 1 rings (SSSR count). The second-order valence-electron chi connectivity index (χ2n) is 8.32. The summed E-state index contributed by atoms with van der Waals surface area (Å²) < 4.78 is 4.64. The Labute approximate surface area is 172 Å². The van der Waals surface area contributed by atoms with Crippen LogP contribution in [0.25, 0.3) is 0 Å². The van der Waals surface area contributed by atoms with E-state index in [1.165, 1.54) is 7.11 Å². The fraction of sp³-hybridized carbons (Fsp3) is 0.792. The first-order chi connectivity index (χ1) is 13.5. The largest absolute Gasteiger partial charge is 0.469 e. The minimum absolute atomic E-state index is 0.164. The molecule has 0 radical (unpaired) electrons. The summed E-state index contributed by atoms with van der Waals surface area (Å²) in [7, 11) is 1.42. The molecule has 0 amide bonds. The summed E-state index contributed by atoms with van der Waals surface area (Å²) in [5, 5.41) is 21.4. The molecule has 0 aromatic carbocycles. The highest BCUT2D eigenvalue weighted by Crippen LogP contribution is 2.37. The molecule has 4 atom stereocenters. The van der Waals surface area contributed by atoms with E-state index in [-0.39, 0.29) is 18.0 Å². The third kappa shape index (κ3) is 9.38. The minimum Gasteiger partial charge on any atom is -0.469 e. The number of hydrogen-bond acceptors (Lipinski definition) is 4. The molecule has 4 heteroatoms. The van der Waals surface area contributed by atoms with Crippen LogP contribution in [0.5, 0.6) is 0 Å². The van der Waals surface area contributed by atoms with Crippen LogP contribution in [0, 0.1) is 11.8 Å². The average Bonchev–Trinajstić information content (AvgIpc) is 3.03. The first-order valence-corrected chi connectivity index (χ1v) is 11.3. The molecule has 0 spiro atoms. The standard InChI is InChI=1S/C24H42O4/c1-4-6-11-18-24(27,17-5-2)19-16-20-14-15-22(25)21(20)12-9-7-8-10-13-23(26)28-3/h7,9,16,19-22,25,27H,4-6,8,10-15,17-18H2,1-3H3/b9-7+,19-16+. The van der Waals surface area contributed by atoms with Crippen molar-refractivity contribution in [3.8, 4) is 0 Å². The molecular weight excluding hydrogens is 352 g/mol. The van der Waals surface area contributed by atoms with Gasteiger partial charge in [0.1, 0.15) is 0 Å². The van der Waals surface area contributed by atoms with Crippen molar-refractivity contribution in [2.24, 2.45) is 11.8 Å². The second-order valence-corrected chi connectivity index (χ2v) is 8.32. The predicted octanol–water partition coefficient (Wildman–Crippen LogP) is 5.33. The lowest BCUT2D eigenvalue weighted by atomic mass is 9.86. The maximum atomic E-state index is 11.1. The number of aliphatic hydroxyl groups excluding tert-OH is 1. The molecule has 1 aliphatic carbocycles. The summed E-state index contributed by atoms with van der Waals surface area (Å²) in [4.78, 5) is 11.1. The van der Waals surface area contributed by atoms with Gasteiger partial charge in [-0.1, -0.05) is 63.8 Å². The molecule has 1 saturated carbocycles. The molecule has 0 aromatic rings. The van der Waals surface area contributed by atoms with Crippen molar-refractivity contribution >= 4 is 5.97 Å². The van der Waals surface area contributed by atoms with Crippen molar-refractivity contribution in [3.63, 3.8) is 0 Å². The number of hydrogen-bond donors (Lipinski definition) is 2. The Morgan fingerprint density at radius 3 is 2.57 bits per heavy atom. The summed E-state index contributed by atoms with van der Waals surface area (Å²) in [5.41, 5.74) is -0.703. The zero-order valence-electron chi connectivity index (χ0n) is 18.2. The summed E-state index contributed by atoms with van der Waals surface area (Å²) in [6.07, 6.45) is 18.9. The van der Waals surface area contributed by atoms with Crippen LogP contribution in [0.15, 0.2) is 24.3 Å². The fourth-order valence-corrected chi connectivity index (χ4v) is 4.19. The third-order valence-electron chi connectivity index (χ3n) is 5.94. The number of methoxy groups -OCH3 is 1. The molecule has 0 bridgehead atoms. The van der Waals surface area contributed by atoms with Gasteiger partial charge in [0.2, 0.25) is 0 Å². The van der Waals surface area contributed by atoms with E-state index in [0.717, 1.165) is 70.6 Å². The first-order valence-electron chi connectivity index (χ1n) is 11.3. The fourth-order valence-electron chi connectivity index (χ4n) is 4.19. The van der Waals surface area contributed by atoms with Crippen molar-refractivity contribution < 1.29 is 19.7 Å². The molecule has 4 unspecified atom stereocenters. The number of allylic oxidation sites excluding steroid dienone is 3. The lowest BCUT2D eigenvalue weighted by Gasteiger charge is -2.26. The second kappa shape index (κ2) is 13.9. The van der Waals surface area contributed by atoms with Gasteiger partial charge in [0.05, 0.1) is 18.8 Å². The Morgan fingerprint density at radius 2 is 1.89 bits per heavy atom. The van der Waals surface area contributed by atoms with Crippen molar-refractivity contribution in [2.75, 3.05) is 7.11 Å². The Hall–Kier alpha value is -1.13. The number of carbonyl (C=O) groups excluding carboxylic acids is 1. The smallest absolute Gasteiger partial charge is 0.305 e. The number of unbranched alkanes of at least 4 members (excludes halogenated alkanes) is 3. The molecule has 0 aromatic heterocycles. The number of carbonyl (C=O) groups is 1. The van der Waals surface area contributed by atoms with Gasteiger partial charge in [0.15, 0.2) is 0 Å². The molecule has 1 fully saturated rings. The van der Waals surface area contributed by atoms with Crippen LogP contribution in [0.1, 0.15) is 90.9 Å². The monoisotopic (exact) mass is 394 g/mol. The molecule has 0 aliphatic heterocycles. The van der Waals surface area contributed by atoms with Gasteiger partial charge in [-0.15, -0.1) is 0 Å². The number of aliphatic hydroxyl groups is 2. The van der Waals surface area contributed by atoms with Gasteiger partial charge in [0, 0.05) is 6.42 Å². The first kappa shape index (κ1) is 24.9.